The zero-order valence-corrected chi connectivity index (χ0v) is 8.45. The molecule has 2 aliphatic rings. The number of nitrogens with one attached hydrogen (secondary N) is 1. The fraction of sp³-hybridized carbons (Fsp3) is 0.417. The molecule has 1 fully saturated rings. The van der Waals surface area contributed by atoms with Crippen molar-refractivity contribution in [3.05, 3.63) is 29.8 Å². The quantitative estimate of drug-likeness (QED) is 0.692. The highest BCUT2D eigenvalue weighted by Crippen LogP contribution is 2.39. The maximum absolute atomic E-state index is 12.2. The van der Waals surface area contributed by atoms with Crippen molar-refractivity contribution in [1.82, 2.24) is 5.32 Å². The van der Waals surface area contributed by atoms with E-state index in [2.05, 4.69) is 5.32 Å². The lowest BCUT2D eigenvalue weighted by Crippen LogP contribution is -2.49. The lowest BCUT2D eigenvalue weighted by molar-refractivity contribution is 0.0424. The Morgan fingerprint density at radius 2 is 1.93 bits per heavy atom. The molecule has 0 atom stereocenters. The normalized spacial score (nSPS) is 22.5. The van der Waals surface area contributed by atoms with Crippen molar-refractivity contribution >= 4 is 5.78 Å². The average Bonchev–Trinajstić information content (AvgIpc) is 2.54. The van der Waals surface area contributed by atoms with Crippen molar-refractivity contribution in [3.8, 4) is 5.75 Å². The van der Waals surface area contributed by atoms with Gasteiger partial charge in [0.25, 0.3) is 0 Å². The number of hydrogen-bond donors (Lipinski definition) is 1. The van der Waals surface area contributed by atoms with Crippen molar-refractivity contribution in [1.29, 1.82) is 0 Å². The Morgan fingerprint density at radius 3 is 2.67 bits per heavy atom. The second-order valence-electron chi connectivity index (χ2n) is 4.17. The third-order valence-electron chi connectivity index (χ3n) is 3.26. The maximum atomic E-state index is 12.2. The van der Waals surface area contributed by atoms with Gasteiger partial charge in [0.1, 0.15) is 5.75 Å². The van der Waals surface area contributed by atoms with Gasteiger partial charge in [-0.2, -0.15) is 0 Å². The van der Waals surface area contributed by atoms with E-state index in [1.807, 2.05) is 24.3 Å². The predicted octanol–water partition coefficient (Wildman–Crippen LogP) is 1.38. The SMILES string of the molecule is O=C1c2ccccc2OC12CCNCC2. The molecule has 3 nitrogen and oxygen atoms in total. The Bertz CT molecular complexity index is 408. The van der Waals surface area contributed by atoms with Gasteiger partial charge in [-0.05, 0) is 25.2 Å². The molecule has 1 N–H and O–H groups in total. The van der Waals surface area contributed by atoms with Crippen LogP contribution in [0.4, 0.5) is 0 Å². The molecule has 0 bridgehead atoms. The molecule has 0 aromatic heterocycles. The zero-order valence-electron chi connectivity index (χ0n) is 8.45. The van der Waals surface area contributed by atoms with Crippen molar-refractivity contribution in [2.24, 2.45) is 0 Å². The molecule has 15 heavy (non-hydrogen) atoms. The topological polar surface area (TPSA) is 38.3 Å². The van der Waals surface area contributed by atoms with Crippen molar-refractivity contribution in [3.63, 3.8) is 0 Å². The summed E-state index contributed by atoms with van der Waals surface area (Å²) in [5.41, 5.74) is 0.189. The van der Waals surface area contributed by atoms with Crippen LogP contribution in [0.15, 0.2) is 24.3 Å². The summed E-state index contributed by atoms with van der Waals surface area (Å²) in [6.07, 6.45) is 1.56. The van der Waals surface area contributed by atoms with Crippen LogP contribution in [-0.4, -0.2) is 24.5 Å². The third kappa shape index (κ3) is 1.20. The van der Waals surface area contributed by atoms with Gasteiger partial charge in [0, 0.05) is 12.8 Å². The molecule has 0 amide bonds. The lowest BCUT2D eigenvalue weighted by atomic mass is 9.87. The second kappa shape index (κ2) is 3.07. The molecular formula is C12H13NO2. The van der Waals surface area contributed by atoms with E-state index >= 15 is 0 Å². The molecule has 2 aliphatic heterocycles. The first-order valence-corrected chi connectivity index (χ1v) is 5.35. The van der Waals surface area contributed by atoms with Gasteiger partial charge in [0.15, 0.2) is 5.60 Å². The van der Waals surface area contributed by atoms with Crippen LogP contribution in [0.5, 0.6) is 5.75 Å². The molecule has 1 aromatic carbocycles. The van der Waals surface area contributed by atoms with E-state index in [1.165, 1.54) is 0 Å². The molecule has 1 aromatic rings. The molecule has 0 radical (unpaired) electrons. The van der Waals surface area contributed by atoms with Crippen LogP contribution in [0.3, 0.4) is 0 Å². The number of carbonyl (C=O) groups excluding carboxylic acids is 1. The first-order chi connectivity index (χ1) is 7.32. The third-order valence-corrected chi connectivity index (χ3v) is 3.26. The predicted molar refractivity (Wildman–Crippen MR) is 56.2 cm³/mol. The first kappa shape index (κ1) is 8.92. The highest BCUT2D eigenvalue weighted by Gasteiger charge is 2.47. The number of piperidine rings is 1. The number of hydrogen-bond acceptors (Lipinski definition) is 3. The summed E-state index contributed by atoms with van der Waals surface area (Å²) in [5.74, 6) is 0.920. The number of rotatable bonds is 0. The summed E-state index contributed by atoms with van der Waals surface area (Å²) in [4.78, 5) is 12.2. The van der Waals surface area contributed by atoms with E-state index < -0.39 is 5.60 Å². The smallest absolute Gasteiger partial charge is 0.210 e. The highest BCUT2D eigenvalue weighted by atomic mass is 16.5. The van der Waals surface area contributed by atoms with Crippen molar-refractivity contribution in [2.45, 2.75) is 18.4 Å². The molecule has 0 aliphatic carbocycles. The monoisotopic (exact) mass is 203 g/mol. The Hall–Kier alpha value is -1.35. The summed E-state index contributed by atoms with van der Waals surface area (Å²) >= 11 is 0. The van der Waals surface area contributed by atoms with Gasteiger partial charge in [-0.15, -0.1) is 0 Å². The summed E-state index contributed by atoms with van der Waals surface area (Å²) in [6.45, 7) is 1.72. The van der Waals surface area contributed by atoms with Gasteiger partial charge < -0.3 is 10.1 Å². The average molecular weight is 203 g/mol. The molecule has 0 saturated carbocycles. The maximum Gasteiger partial charge on any atom is 0.210 e. The van der Waals surface area contributed by atoms with Gasteiger partial charge in [0.2, 0.25) is 5.78 Å². The van der Waals surface area contributed by atoms with Crippen LogP contribution in [0.2, 0.25) is 0 Å². The molecular weight excluding hydrogens is 190 g/mol. The Balaban J connectivity index is 2.01. The molecule has 78 valence electrons. The Morgan fingerprint density at radius 1 is 1.20 bits per heavy atom. The number of carbonyl (C=O) groups is 1. The van der Waals surface area contributed by atoms with Crippen LogP contribution < -0.4 is 10.1 Å². The van der Waals surface area contributed by atoms with Crippen LogP contribution in [0.25, 0.3) is 0 Å². The standard InChI is InChI=1S/C12H13NO2/c14-11-9-3-1-2-4-10(9)15-12(11)5-7-13-8-6-12/h1-4,13H,5-8H2. The van der Waals surface area contributed by atoms with Gasteiger partial charge >= 0.3 is 0 Å². The van der Waals surface area contributed by atoms with Gasteiger partial charge in [-0.1, -0.05) is 12.1 Å². The van der Waals surface area contributed by atoms with Crippen molar-refractivity contribution < 1.29 is 9.53 Å². The van der Waals surface area contributed by atoms with Crippen LogP contribution in [0, 0.1) is 0 Å². The van der Waals surface area contributed by atoms with E-state index in [0.717, 1.165) is 37.2 Å². The molecule has 1 spiro atoms. The number of fused-ring (bicyclic) bond motifs is 1. The minimum Gasteiger partial charge on any atom is -0.478 e. The van der Waals surface area contributed by atoms with Crippen LogP contribution >= 0.6 is 0 Å². The fourth-order valence-electron chi connectivity index (χ4n) is 2.41. The first-order valence-electron chi connectivity index (χ1n) is 5.35. The van der Waals surface area contributed by atoms with E-state index in [1.54, 1.807) is 0 Å². The molecule has 3 rings (SSSR count). The van der Waals surface area contributed by atoms with E-state index in [-0.39, 0.29) is 5.78 Å². The zero-order chi connectivity index (χ0) is 10.3. The summed E-state index contributed by atoms with van der Waals surface area (Å²) < 4.78 is 5.86. The largest absolute Gasteiger partial charge is 0.478 e. The molecule has 1 saturated heterocycles. The fourth-order valence-corrected chi connectivity index (χ4v) is 2.41. The van der Waals surface area contributed by atoms with Gasteiger partial charge in [-0.3, -0.25) is 4.79 Å². The van der Waals surface area contributed by atoms with Crippen LogP contribution in [0.1, 0.15) is 23.2 Å². The number of benzene rings is 1. The van der Waals surface area contributed by atoms with Gasteiger partial charge in [0.05, 0.1) is 5.56 Å². The van der Waals surface area contributed by atoms with Crippen LogP contribution in [-0.2, 0) is 0 Å². The molecule has 0 unspecified atom stereocenters. The second-order valence-corrected chi connectivity index (χ2v) is 4.17. The summed E-state index contributed by atoms with van der Waals surface area (Å²) in [5, 5.41) is 3.25. The minimum absolute atomic E-state index is 0.166. The number of ketones is 1. The van der Waals surface area contributed by atoms with E-state index in [0.29, 0.717) is 0 Å². The lowest BCUT2D eigenvalue weighted by Gasteiger charge is -2.31. The van der Waals surface area contributed by atoms with E-state index in [9.17, 15) is 4.79 Å². The number of Topliss-reactive ketones (excluding diaryl/α,β-unsaturated/α-hetero) is 1. The minimum atomic E-state index is -0.561. The number of para-hydroxylation sites is 1. The molecule has 3 heteroatoms. The Kier molecular flexibility index (Phi) is 1.83. The Labute approximate surface area is 88.4 Å². The van der Waals surface area contributed by atoms with Crippen molar-refractivity contribution in [2.75, 3.05) is 13.1 Å². The van der Waals surface area contributed by atoms with E-state index in [4.69, 9.17) is 4.74 Å². The number of ether oxygens (including phenoxy) is 1. The van der Waals surface area contributed by atoms with Gasteiger partial charge in [-0.25, -0.2) is 0 Å². The summed E-state index contributed by atoms with van der Waals surface area (Å²) in [6, 6.07) is 7.53. The molecule has 2 heterocycles. The summed E-state index contributed by atoms with van der Waals surface area (Å²) in [7, 11) is 0. The highest BCUT2D eigenvalue weighted by molar-refractivity contribution is 6.07.